The van der Waals surface area contributed by atoms with Crippen LogP contribution in [-0.4, -0.2) is 21.9 Å². The Morgan fingerprint density at radius 2 is 2.00 bits per heavy atom. The highest BCUT2D eigenvalue weighted by Crippen LogP contribution is 2.31. The number of carbonyl (C=O) groups excluding carboxylic acids is 1. The maximum atomic E-state index is 11.6. The molecule has 1 aromatic carbocycles. The van der Waals surface area contributed by atoms with Gasteiger partial charge in [-0.2, -0.15) is 0 Å². The molecule has 0 aromatic heterocycles. The molecule has 5 nitrogen and oxygen atoms in total. The third-order valence-corrected chi connectivity index (χ3v) is 2.15. The topological polar surface area (TPSA) is 78.8 Å². The van der Waals surface area contributed by atoms with Crippen LogP contribution in [-0.2, 0) is 4.74 Å². The summed E-state index contributed by atoms with van der Waals surface area (Å²) >= 11 is 0. The van der Waals surface area contributed by atoms with E-state index in [0.29, 0.717) is 5.56 Å². The van der Waals surface area contributed by atoms with E-state index < -0.39 is 17.8 Å². The Morgan fingerprint density at radius 1 is 1.39 bits per heavy atom. The van der Waals surface area contributed by atoms with Crippen molar-refractivity contribution in [2.75, 3.05) is 5.32 Å². The van der Waals surface area contributed by atoms with Crippen LogP contribution in [0, 0.1) is 0 Å². The number of carbonyl (C=O) groups is 1. The van der Waals surface area contributed by atoms with Crippen molar-refractivity contribution in [3.05, 3.63) is 23.8 Å². The van der Waals surface area contributed by atoms with Crippen molar-refractivity contribution in [2.24, 2.45) is 0 Å². The lowest BCUT2D eigenvalue weighted by Crippen LogP contribution is -2.27. The van der Waals surface area contributed by atoms with E-state index in [9.17, 15) is 15.0 Å². The number of anilines is 1. The Morgan fingerprint density at radius 3 is 2.50 bits per heavy atom. The molecule has 18 heavy (non-hydrogen) atoms. The lowest BCUT2D eigenvalue weighted by Gasteiger charge is -2.21. The van der Waals surface area contributed by atoms with Gasteiger partial charge in [0.05, 0.1) is 11.8 Å². The number of hydrogen-bond donors (Lipinski definition) is 3. The van der Waals surface area contributed by atoms with Crippen LogP contribution < -0.4 is 5.32 Å². The van der Waals surface area contributed by atoms with E-state index in [1.54, 1.807) is 39.8 Å². The average Bonchev–Trinajstić information content (AvgIpc) is 2.17. The zero-order valence-electron chi connectivity index (χ0n) is 11.0. The summed E-state index contributed by atoms with van der Waals surface area (Å²) in [6, 6.07) is 4.65. The SMILES string of the molecule is CC(O)c1cccc(O)c1NC(=O)OC(C)(C)C. The van der Waals surface area contributed by atoms with Crippen molar-refractivity contribution in [1.29, 1.82) is 0 Å². The number of aliphatic hydroxyl groups excluding tert-OH is 1. The minimum Gasteiger partial charge on any atom is -0.506 e. The van der Waals surface area contributed by atoms with Crippen LogP contribution in [0.2, 0.25) is 0 Å². The fourth-order valence-corrected chi connectivity index (χ4v) is 1.45. The standard InChI is InChI=1S/C13H19NO4/c1-8(15)9-6-5-7-10(16)11(9)14-12(17)18-13(2,3)4/h5-8,15-16H,1-4H3,(H,14,17). The van der Waals surface area contributed by atoms with Crippen LogP contribution in [0.3, 0.4) is 0 Å². The molecule has 3 N–H and O–H groups in total. The van der Waals surface area contributed by atoms with Gasteiger partial charge in [0.15, 0.2) is 0 Å². The summed E-state index contributed by atoms with van der Waals surface area (Å²) < 4.78 is 5.09. The Bertz CT molecular complexity index is 435. The molecule has 100 valence electrons. The molecule has 0 spiro atoms. The van der Waals surface area contributed by atoms with Gasteiger partial charge in [-0.15, -0.1) is 0 Å². The molecule has 1 atom stereocenters. The second-order valence-corrected chi connectivity index (χ2v) is 5.04. The Labute approximate surface area is 106 Å². The Hall–Kier alpha value is -1.75. The number of hydrogen-bond acceptors (Lipinski definition) is 4. The van der Waals surface area contributed by atoms with E-state index in [4.69, 9.17) is 4.74 Å². The molecular weight excluding hydrogens is 234 g/mol. The molecule has 1 unspecified atom stereocenters. The van der Waals surface area contributed by atoms with Crippen molar-refractivity contribution in [3.8, 4) is 5.75 Å². The number of phenols is 1. The number of para-hydroxylation sites is 1. The van der Waals surface area contributed by atoms with Crippen LogP contribution in [0.15, 0.2) is 18.2 Å². The average molecular weight is 253 g/mol. The minimum absolute atomic E-state index is 0.112. The normalized spacial score (nSPS) is 12.9. The van der Waals surface area contributed by atoms with Gasteiger partial charge in [-0.1, -0.05) is 12.1 Å². The number of rotatable bonds is 2. The van der Waals surface area contributed by atoms with E-state index in [-0.39, 0.29) is 11.4 Å². The highest BCUT2D eigenvalue weighted by atomic mass is 16.6. The molecule has 1 aromatic rings. The smallest absolute Gasteiger partial charge is 0.412 e. The van der Waals surface area contributed by atoms with Crippen molar-refractivity contribution in [1.82, 2.24) is 0 Å². The van der Waals surface area contributed by atoms with Crippen molar-refractivity contribution in [2.45, 2.75) is 39.4 Å². The van der Waals surface area contributed by atoms with Crippen molar-refractivity contribution in [3.63, 3.8) is 0 Å². The lowest BCUT2D eigenvalue weighted by molar-refractivity contribution is 0.0635. The van der Waals surface area contributed by atoms with Gasteiger partial charge < -0.3 is 14.9 Å². The van der Waals surface area contributed by atoms with E-state index in [2.05, 4.69) is 5.32 Å². The number of amides is 1. The van der Waals surface area contributed by atoms with Crippen LogP contribution >= 0.6 is 0 Å². The largest absolute Gasteiger partial charge is 0.506 e. The first-order valence-corrected chi connectivity index (χ1v) is 5.70. The predicted molar refractivity (Wildman–Crippen MR) is 68.6 cm³/mol. The molecular formula is C13H19NO4. The van der Waals surface area contributed by atoms with Gasteiger partial charge in [-0.25, -0.2) is 4.79 Å². The summed E-state index contributed by atoms with van der Waals surface area (Å²) in [5, 5.41) is 21.7. The molecule has 0 saturated heterocycles. The molecule has 1 amide bonds. The van der Waals surface area contributed by atoms with Crippen LogP contribution in [0.25, 0.3) is 0 Å². The molecule has 0 heterocycles. The van der Waals surface area contributed by atoms with Crippen molar-refractivity contribution < 1.29 is 19.7 Å². The number of benzene rings is 1. The van der Waals surface area contributed by atoms with E-state index >= 15 is 0 Å². The quantitative estimate of drug-likeness (QED) is 0.708. The number of aliphatic hydroxyl groups is 1. The van der Waals surface area contributed by atoms with E-state index in [1.807, 2.05) is 0 Å². The first-order chi connectivity index (χ1) is 8.20. The van der Waals surface area contributed by atoms with Gasteiger partial charge in [0.25, 0.3) is 0 Å². The maximum absolute atomic E-state index is 11.6. The zero-order valence-corrected chi connectivity index (χ0v) is 11.0. The fourth-order valence-electron chi connectivity index (χ4n) is 1.45. The molecule has 0 radical (unpaired) electrons. The second kappa shape index (κ2) is 5.27. The number of ether oxygens (including phenoxy) is 1. The molecule has 0 aliphatic rings. The molecule has 0 bridgehead atoms. The number of phenolic OH excluding ortho intramolecular Hbond substituents is 1. The van der Waals surface area contributed by atoms with E-state index in [0.717, 1.165) is 0 Å². The minimum atomic E-state index is -0.804. The highest BCUT2D eigenvalue weighted by molar-refractivity contribution is 5.88. The third kappa shape index (κ3) is 3.92. The predicted octanol–water partition coefficient (Wildman–Crippen LogP) is 2.79. The van der Waals surface area contributed by atoms with Gasteiger partial charge in [0, 0.05) is 5.56 Å². The van der Waals surface area contributed by atoms with Gasteiger partial charge in [0.1, 0.15) is 11.4 Å². The van der Waals surface area contributed by atoms with Gasteiger partial charge in [0.2, 0.25) is 0 Å². The van der Waals surface area contributed by atoms with Crippen LogP contribution in [0.4, 0.5) is 10.5 Å². The molecule has 0 fully saturated rings. The highest BCUT2D eigenvalue weighted by Gasteiger charge is 2.19. The molecule has 5 heteroatoms. The molecule has 0 aliphatic heterocycles. The number of aromatic hydroxyl groups is 1. The summed E-state index contributed by atoms with van der Waals surface area (Å²) in [6.07, 6.45) is -1.48. The summed E-state index contributed by atoms with van der Waals surface area (Å²) in [7, 11) is 0. The second-order valence-electron chi connectivity index (χ2n) is 5.04. The third-order valence-electron chi connectivity index (χ3n) is 2.15. The molecule has 0 saturated carbocycles. The summed E-state index contributed by atoms with van der Waals surface area (Å²) in [6.45, 7) is 6.78. The maximum Gasteiger partial charge on any atom is 0.412 e. The first-order valence-electron chi connectivity index (χ1n) is 5.70. The van der Waals surface area contributed by atoms with E-state index in [1.165, 1.54) is 6.07 Å². The summed E-state index contributed by atoms with van der Waals surface area (Å²) in [5.74, 6) is -0.112. The van der Waals surface area contributed by atoms with Gasteiger partial charge >= 0.3 is 6.09 Å². The first kappa shape index (κ1) is 14.3. The molecule has 0 aliphatic carbocycles. The van der Waals surface area contributed by atoms with Crippen molar-refractivity contribution >= 4 is 11.8 Å². The van der Waals surface area contributed by atoms with Crippen LogP contribution in [0.5, 0.6) is 5.75 Å². The van der Waals surface area contributed by atoms with Crippen LogP contribution in [0.1, 0.15) is 39.4 Å². The number of nitrogens with one attached hydrogen (secondary N) is 1. The summed E-state index contributed by atoms with van der Waals surface area (Å²) in [5.41, 5.74) is -0.0259. The fraction of sp³-hybridized carbons (Fsp3) is 0.462. The molecule has 1 rings (SSSR count). The Balaban J connectivity index is 2.93. The van der Waals surface area contributed by atoms with Gasteiger partial charge in [-0.3, -0.25) is 5.32 Å². The lowest BCUT2D eigenvalue weighted by atomic mass is 10.1. The Kier molecular flexibility index (Phi) is 4.19. The summed E-state index contributed by atoms with van der Waals surface area (Å²) in [4.78, 5) is 11.6. The monoisotopic (exact) mass is 253 g/mol. The van der Waals surface area contributed by atoms with Gasteiger partial charge in [-0.05, 0) is 33.8 Å². The zero-order chi connectivity index (χ0) is 13.9.